The van der Waals surface area contributed by atoms with Crippen LogP contribution < -0.4 is 5.32 Å². The van der Waals surface area contributed by atoms with Crippen molar-refractivity contribution in [2.45, 2.75) is 46.0 Å². The number of carbonyl (C=O) groups is 3. The second kappa shape index (κ2) is 8.62. The van der Waals surface area contributed by atoms with E-state index in [0.717, 1.165) is 19.3 Å². The summed E-state index contributed by atoms with van der Waals surface area (Å²) in [5, 5.41) is 2.93. The average molecular weight is 330 g/mol. The van der Waals surface area contributed by atoms with E-state index >= 15 is 0 Å². The van der Waals surface area contributed by atoms with E-state index in [1.54, 1.807) is 24.3 Å². The number of benzene rings is 1. The van der Waals surface area contributed by atoms with Gasteiger partial charge in [-0.2, -0.15) is 0 Å². The molecule has 5 heteroatoms. The highest BCUT2D eigenvalue weighted by atomic mass is 16.2. The Balaban J connectivity index is 1.80. The lowest BCUT2D eigenvalue weighted by Gasteiger charge is -2.17. The van der Waals surface area contributed by atoms with Gasteiger partial charge < -0.3 is 5.32 Å². The van der Waals surface area contributed by atoms with Crippen molar-refractivity contribution in [1.29, 1.82) is 0 Å². The number of hydrogen-bond acceptors (Lipinski definition) is 3. The number of imide groups is 1. The summed E-state index contributed by atoms with van der Waals surface area (Å²) in [6, 6.07) is 6.77. The summed E-state index contributed by atoms with van der Waals surface area (Å²) < 4.78 is 0. The first kappa shape index (κ1) is 18.2. The van der Waals surface area contributed by atoms with Crippen molar-refractivity contribution in [2.75, 3.05) is 13.1 Å². The fourth-order valence-corrected chi connectivity index (χ4v) is 2.95. The highest BCUT2D eigenvalue weighted by Gasteiger charge is 2.34. The highest BCUT2D eigenvalue weighted by Crippen LogP contribution is 2.22. The van der Waals surface area contributed by atoms with Crippen LogP contribution in [0.25, 0.3) is 0 Å². The third kappa shape index (κ3) is 4.22. The van der Waals surface area contributed by atoms with Crippen LogP contribution in [0.1, 0.15) is 66.7 Å². The number of fused-ring (bicyclic) bond motifs is 1. The molecule has 0 radical (unpaired) electrons. The van der Waals surface area contributed by atoms with Gasteiger partial charge in [0.2, 0.25) is 5.91 Å². The first-order valence-corrected chi connectivity index (χ1v) is 8.80. The Bertz CT molecular complexity index is 577. The molecule has 0 spiro atoms. The van der Waals surface area contributed by atoms with Gasteiger partial charge in [-0.1, -0.05) is 45.2 Å². The normalized spacial score (nSPS) is 14.7. The molecule has 0 bridgehead atoms. The molecule has 2 rings (SSSR count). The van der Waals surface area contributed by atoms with E-state index in [2.05, 4.69) is 19.2 Å². The molecule has 1 heterocycles. The molecule has 3 amide bonds. The summed E-state index contributed by atoms with van der Waals surface area (Å²) in [7, 11) is 0. The zero-order chi connectivity index (χ0) is 17.5. The van der Waals surface area contributed by atoms with Crippen LogP contribution in [0.15, 0.2) is 24.3 Å². The first-order chi connectivity index (χ1) is 11.6. The Morgan fingerprint density at radius 1 is 1.12 bits per heavy atom. The number of nitrogens with one attached hydrogen (secondary N) is 1. The fourth-order valence-electron chi connectivity index (χ4n) is 2.95. The van der Waals surface area contributed by atoms with Gasteiger partial charge in [0.05, 0.1) is 11.1 Å². The van der Waals surface area contributed by atoms with Crippen LogP contribution in [0.4, 0.5) is 0 Å². The lowest BCUT2D eigenvalue weighted by molar-refractivity contribution is -0.121. The van der Waals surface area contributed by atoms with Crippen LogP contribution in [-0.4, -0.2) is 35.7 Å². The van der Waals surface area contributed by atoms with Crippen molar-refractivity contribution < 1.29 is 14.4 Å². The molecule has 0 unspecified atom stereocenters. The molecular weight excluding hydrogens is 304 g/mol. The lowest BCUT2D eigenvalue weighted by atomic mass is 9.99. The molecule has 1 N–H and O–H groups in total. The Kier molecular flexibility index (Phi) is 6.53. The van der Waals surface area contributed by atoms with Gasteiger partial charge >= 0.3 is 0 Å². The molecule has 0 aromatic heterocycles. The summed E-state index contributed by atoms with van der Waals surface area (Å²) in [6.07, 6.45) is 4.63. The molecular formula is C19H26N2O3. The van der Waals surface area contributed by atoms with Crippen LogP contribution in [-0.2, 0) is 4.79 Å². The molecule has 0 fully saturated rings. The Labute approximate surface area is 143 Å². The number of carbonyl (C=O) groups excluding carboxylic acids is 3. The van der Waals surface area contributed by atoms with Gasteiger partial charge in [-0.15, -0.1) is 0 Å². The molecule has 0 aliphatic carbocycles. The van der Waals surface area contributed by atoms with E-state index in [9.17, 15) is 14.4 Å². The first-order valence-electron chi connectivity index (χ1n) is 8.80. The summed E-state index contributed by atoms with van der Waals surface area (Å²) in [5.41, 5.74) is 0.849. The van der Waals surface area contributed by atoms with Crippen LogP contribution >= 0.6 is 0 Å². The molecule has 130 valence electrons. The summed E-state index contributed by atoms with van der Waals surface area (Å²) in [6.45, 7) is 5.08. The lowest BCUT2D eigenvalue weighted by Crippen LogP contribution is -2.35. The molecule has 24 heavy (non-hydrogen) atoms. The van der Waals surface area contributed by atoms with Gasteiger partial charge in [0.15, 0.2) is 0 Å². The Hall–Kier alpha value is -2.17. The highest BCUT2D eigenvalue weighted by molar-refractivity contribution is 6.21. The monoisotopic (exact) mass is 330 g/mol. The number of rotatable bonds is 9. The standard InChI is InChI=1S/C19H26N2O3/c1-3-5-8-14(4-2)13-20-17(22)11-12-21-18(23)15-9-6-7-10-16(15)19(21)24/h6-7,9-10,14H,3-5,8,11-13H2,1-2H3,(H,20,22)/t14-/m1/s1. The van der Waals surface area contributed by atoms with E-state index in [-0.39, 0.29) is 30.7 Å². The fraction of sp³-hybridized carbons (Fsp3) is 0.526. The number of nitrogens with zero attached hydrogens (tertiary/aromatic N) is 1. The summed E-state index contributed by atoms with van der Waals surface area (Å²) >= 11 is 0. The molecule has 1 aromatic carbocycles. The number of hydrogen-bond donors (Lipinski definition) is 1. The minimum Gasteiger partial charge on any atom is -0.356 e. The van der Waals surface area contributed by atoms with Crippen molar-refractivity contribution in [3.8, 4) is 0 Å². The van der Waals surface area contributed by atoms with Gasteiger partial charge in [0.25, 0.3) is 11.8 Å². The zero-order valence-electron chi connectivity index (χ0n) is 14.5. The maximum absolute atomic E-state index is 12.2. The van der Waals surface area contributed by atoms with Gasteiger partial charge in [0.1, 0.15) is 0 Å². The van der Waals surface area contributed by atoms with Crippen molar-refractivity contribution in [1.82, 2.24) is 10.2 Å². The van der Waals surface area contributed by atoms with Crippen molar-refractivity contribution in [3.05, 3.63) is 35.4 Å². The van der Waals surface area contributed by atoms with E-state index in [1.807, 2.05) is 0 Å². The van der Waals surface area contributed by atoms with Gasteiger partial charge in [-0.05, 0) is 24.5 Å². The molecule has 1 aromatic rings. The molecule has 1 atom stereocenters. The van der Waals surface area contributed by atoms with E-state index in [0.29, 0.717) is 23.6 Å². The predicted octanol–water partition coefficient (Wildman–Crippen LogP) is 3.01. The van der Waals surface area contributed by atoms with Crippen molar-refractivity contribution >= 4 is 17.7 Å². The maximum atomic E-state index is 12.2. The minimum absolute atomic E-state index is 0.110. The second-order valence-electron chi connectivity index (χ2n) is 6.28. The second-order valence-corrected chi connectivity index (χ2v) is 6.28. The molecule has 1 aliphatic heterocycles. The largest absolute Gasteiger partial charge is 0.356 e. The predicted molar refractivity (Wildman–Crippen MR) is 92.7 cm³/mol. The van der Waals surface area contributed by atoms with E-state index in [1.165, 1.54) is 11.3 Å². The smallest absolute Gasteiger partial charge is 0.261 e. The van der Waals surface area contributed by atoms with Gasteiger partial charge in [-0.3, -0.25) is 19.3 Å². The van der Waals surface area contributed by atoms with E-state index < -0.39 is 0 Å². The molecule has 1 aliphatic rings. The number of unbranched alkanes of at least 4 members (excludes halogenated alkanes) is 1. The summed E-state index contributed by atoms with van der Waals surface area (Å²) in [5.74, 6) is -0.231. The minimum atomic E-state index is -0.308. The van der Waals surface area contributed by atoms with Gasteiger partial charge in [-0.25, -0.2) is 0 Å². The molecule has 0 saturated heterocycles. The molecule has 0 saturated carbocycles. The maximum Gasteiger partial charge on any atom is 0.261 e. The van der Waals surface area contributed by atoms with Crippen molar-refractivity contribution in [3.63, 3.8) is 0 Å². The third-order valence-electron chi connectivity index (χ3n) is 4.57. The topological polar surface area (TPSA) is 66.5 Å². The summed E-state index contributed by atoms with van der Waals surface area (Å²) in [4.78, 5) is 37.6. The van der Waals surface area contributed by atoms with Crippen molar-refractivity contribution in [2.24, 2.45) is 5.92 Å². The quantitative estimate of drug-likeness (QED) is 0.708. The van der Waals surface area contributed by atoms with Crippen LogP contribution in [0.5, 0.6) is 0 Å². The van der Waals surface area contributed by atoms with Crippen LogP contribution in [0.3, 0.4) is 0 Å². The van der Waals surface area contributed by atoms with Crippen LogP contribution in [0.2, 0.25) is 0 Å². The Morgan fingerprint density at radius 3 is 2.29 bits per heavy atom. The number of amides is 3. The van der Waals surface area contributed by atoms with Gasteiger partial charge in [0, 0.05) is 19.5 Å². The molecule has 5 nitrogen and oxygen atoms in total. The Morgan fingerprint density at radius 2 is 1.75 bits per heavy atom. The van der Waals surface area contributed by atoms with E-state index in [4.69, 9.17) is 0 Å². The third-order valence-corrected chi connectivity index (χ3v) is 4.57. The van der Waals surface area contributed by atoms with Crippen LogP contribution in [0, 0.1) is 5.92 Å². The zero-order valence-corrected chi connectivity index (χ0v) is 14.5. The average Bonchev–Trinajstić information content (AvgIpc) is 2.84. The SMILES string of the molecule is CCCC[C@@H](CC)CNC(=O)CCN1C(=O)c2ccccc2C1=O.